The molecule has 2 aromatic carbocycles. The number of benzene rings is 2. The number of hydrogen-bond donors (Lipinski definition) is 0. The summed E-state index contributed by atoms with van der Waals surface area (Å²) in [7, 11) is 0. The molecule has 0 aliphatic carbocycles. The number of nitrogens with zero attached hydrogens (tertiary/aromatic N) is 1. The molecule has 0 amide bonds. The van der Waals surface area contributed by atoms with E-state index >= 15 is 0 Å². The molecule has 2 aromatic rings. The summed E-state index contributed by atoms with van der Waals surface area (Å²) in [6, 6.07) is 14.9. The van der Waals surface area contributed by atoms with Gasteiger partial charge in [0, 0.05) is 22.4 Å². The summed E-state index contributed by atoms with van der Waals surface area (Å²) < 4.78 is 14.2. The normalized spacial score (nSPS) is 12.2. The van der Waals surface area contributed by atoms with Crippen LogP contribution in [0.15, 0.2) is 53.0 Å². The second-order valence-electron chi connectivity index (χ2n) is 5.08. The molecule has 0 saturated heterocycles. The van der Waals surface area contributed by atoms with Gasteiger partial charge in [-0.1, -0.05) is 36.2 Å². The predicted octanol–water partition coefficient (Wildman–Crippen LogP) is 5.77. The summed E-state index contributed by atoms with van der Waals surface area (Å²) in [5, 5.41) is 0. The fourth-order valence-corrected chi connectivity index (χ4v) is 2.31. The average Bonchev–Trinajstić information content (AvgIpc) is 2.46. The zero-order valence-corrected chi connectivity index (χ0v) is 13.4. The van der Waals surface area contributed by atoms with Crippen LogP contribution in [-0.2, 0) is 0 Å². The number of halogens is 2. The van der Waals surface area contributed by atoms with Crippen molar-refractivity contribution in [2.24, 2.45) is 5.92 Å². The molecule has 2 rings (SSSR count). The molecular formula is C17H19BrFN. The van der Waals surface area contributed by atoms with Crippen molar-refractivity contribution in [3.63, 3.8) is 0 Å². The zero-order valence-electron chi connectivity index (χ0n) is 11.8. The minimum atomic E-state index is -0.201. The first kappa shape index (κ1) is 15.0. The minimum Gasteiger partial charge on any atom is -0.341 e. The van der Waals surface area contributed by atoms with Gasteiger partial charge in [-0.15, -0.1) is 0 Å². The third kappa shape index (κ3) is 3.83. The highest BCUT2D eigenvalue weighted by Gasteiger charge is 2.12. The first-order valence-electron chi connectivity index (χ1n) is 6.89. The molecule has 0 saturated carbocycles. The predicted molar refractivity (Wildman–Crippen MR) is 87.0 cm³/mol. The molecule has 1 unspecified atom stereocenters. The van der Waals surface area contributed by atoms with E-state index in [9.17, 15) is 4.39 Å². The maximum atomic E-state index is 13.1. The Morgan fingerprint density at radius 1 is 1.00 bits per heavy atom. The highest BCUT2D eigenvalue weighted by atomic mass is 79.9. The Kier molecular flexibility index (Phi) is 5.18. The Morgan fingerprint density at radius 3 is 2.00 bits per heavy atom. The highest BCUT2D eigenvalue weighted by Crippen LogP contribution is 2.28. The summed E-state index contributed by atoms with van der Waals surface area (Å²) in [5.74, 6) is 0.372. The molecule has 3 heteroatoms. The van der Waals surface area contributed by atoms with Gasteiger partial charge in [-0.25, -0.2) is 4.39 Å². The van der Waals surface area contributed by atoms with E-state index in [1.54, 1.807) is 0 Å². The van der Waals surface area contributed by atoms with Crippen LogP contribution in [-0.4, -0.2) is 6.54 Å². The summed E-state index contributed by atoms with van der Waals surface area (Å²) in [6.07, 6.45) is 1.12. The van der Waals surface area contributed by atoms with Crippen LogP contribution in [0.3, 0.4) is 0 Å². The fraction of sp³-hybridized carbons (Fsp3) is 0.294. The smallest absolute Gasteiger partial charge is 0.123 e. The summed E-state index contributed by atoms with van der Waals surface area (Å²) in [4.78, 5) is 2.24. The summed E-state index contributed by atoms with van der Waals surface area (Å²) in [6.45, 7) is 5.34. The number of hydrogen-bond acceptors (Lipinski definition) is 1. The second-order valence-corrected chi connectivity index (χ2v) is 5.99. The van der Waals surface area contributed by atoms with Crippen LogP contribution in [0.2, 0.25) is 0 Å². The van der Waals surface area contributed by atoms with Crippen molar-refractivity contribution >= 4 is 27.3 Å². The molecule has 0 aliphatic heterocycles. The lowest BCUT2D eigenvalue weighted by atomic mass is 10.1. The van der Waals surface area contributed by atoms with E-state index in [2.05, 4.69) is 46.8 Å². The molecule has 0 N–H and O–H groups in total. The highest BCUT2D eigenvalue weighted by molar-refractivity contribution is 9.10. The van der Waals surface area contributed by atoms with E-state index < -0.39 is 0 Å². The molecule has 0 heterocycles. The Bertz CT molecular complexity index is 490. The molecule has 106 valence electrons. The van der Waals surface area contributed by atoms with Crippen LogP contribution in [0.5, 0.6) is 0 Å². The van der Waals surface area contributed by atoms with E-state index in [-0.39, 0.29) is 5.82 Å². The van der Waals surface area contributed by atoms with Crippen molar-refractivity contribution in [2.75, 3.05) is 11.4 Å². The van der Waals surface area contributed by atoms with Crippen LogP contribution in [0, 0.1) is 11.7 Å². The molecule has 0 aliphatic rings. The molecule has 1 nitrogen and oxygen atoms in total. The van der Waals surface area contributed by atoms with E-state index in [0.29, 0.717) is 5.92 Å². The lowest BCUT2D eigenvalue weighted by molar-refractivity contribution is 0.568. The third-order valence-corrected chi connectivity index (χ3v) is 4.00. The fourth-order valence-electron chi connectivity index (χ4n) is 2.04. The topological polar surface area (TPSA) is 3.24 Å². The van der Waals surface area contributed by atoms with Gasteiger partial charge < -0.3 is 4.90 Å². The standard InChI is InChI=1S/C17H19BrFN/c1-3-13(2)12-20(16-8-4-14(18)5-9-16)17-10-6-15(19)7-11-17/h4-11,13H,3,12H2,1-2H3. The monoisotopic (exact) mass is 335 g/mol. The molecule has 1 atom stereocenters. The maximum Gasteiger partial charge on any atom is 0.123 e. The van der Waals surface area contributed by atoms with E-state index in [1.165, 1.54) is 12.1 Å². The molecule has 0 fully saturated rings. The van der Waals surface area contributed by atoms with Crippen molar-refractivity contribution in [3.8, 4) is 0 Å². The van der Waals surface area contributed by atoms with Crippen LogP contribution in [0.4, 0.5) is 15.8 Å². The Balaban J connectivity index is 2.33. The van der Waals surface area contributed by atoms with Crippen LogP contribution >= 0.6 is 15.9 Å². The SMILES string of the molecule is CCC(C)CN(c1ccc(F)cc1)c1ccc(Br)cc1. The molecule has 0 aromatic heterocycles. The van der Waals surface area contributed by atoms with Gasteiger partial charge in [-0.2, -0.15) is 0 Å². The van der Waals surface area contributed by atoms with Crippen molar-refractivity contribution in [1.82, 2.24) is 0 Å². The Morgan fingerprint density at radius 2 is 1.50 bits per heavy atom. The lowest BCUT2D eigenvalue weighted by Gasteiger charge is -2.28. The molecule has 0 spiro atoms. The van der Waals surface area contributed by atoms with Gasteiger partial charge in [0.05, 0.1) is 0 Å². The maximum absolute atomic E-state index is 13.1. The molecular weight excluding hydrogens is 317 g/mol. The quantitative estimate of drug-likeness (QED) is 0.670. The van der Waals surface area contributed by atoms with Crippen molar-refractivity contribution in [1.29, 1.82) is 0 Å². The zero-order chi connectivity index (χ0) is 14.5. The number of rotatable bonds is 5. The van der Waals surface area contributed by atoms with E-state index in [0.717, 1.165) is 28.8 Å². The molecule has 0 bridgehead atoms. The summed E-state index contributed by atoms with van der Waals surface area (Å²) in [5.41, 5.74) is 2.15. The van der Waals surface area contributed by atoms with Crippen LogP contribution in [0.1, 0.15) is 20.3 Å². The van der Waals surface area contributed by atoms with E-state index in [4.69, 9.17) is 0 Å². The van der Waals surface area contributed by atoms with Gasteiger partial charge in [-0.05, 0) is 54.4 Å². The Labute approximate surface area is 128 Å². The molecule has 20 heavy (non-hydrogen) atoms. The average molecular weight is 336 g/mol. The first-order valence-corrected chi connectivity index (χ1v) is 7.68. The second kappa shape index (κ2) is 6.89. The van der Waals surface area contributed by atoms with Crippen LogP contribution < -0.4 is 4.90 Å². The van der Waals surface area contributed by atoms with Crippen molar-refractivity contribution in [3.05, 3.63) is 58.8 Å². The van der Waals surface area contributed by atoms with Gasteiger partial charge in [-0.3, -0.25) is 0 Å². The van der Waals surface area contributed by atoms with Gasteiger partial charge in [0.15, 0.2) is 0 Å². The Hall–Kier alpha value is -1.35. The number of anilines is 2. The summed E-state index contributed by atoms with van der Waals surface area (Å²) >= 11 is 3.46. The van der Waals surface area contributed by atoms with Gasteiger partial charge in [0.1, 0.15) is 5.82 Å². The van der Waals surface area contributed by atoms with Crippen molar-refractivity contribution < 1.29 is 4.39 Å². The van der Waals surface area contributed by atoms with Gasteiger partial charge in [0.2, 0.25) is 0 Å². The van der Waals surface area contributed by atoms with Crippen molar-refractivity contribution in [2.45, 2.75) is 20.3 Å². The van der Waals surface area contributed by atoms with E-state index in [1.807, 2.05) is 24.3 Å². The lowest BCUT2D eigenvalue weighted by Crippen LogP contribution is -2.23. The third-order valence-electron chi connectivity index (χ3n) is 3.47. The van der Waals surface area contributed by atoms with Crippen LogP contribution in [0.25, 0.3) is 0 Å². The van der Waals surface area contributed by atoms with Gasteiger partial charge in [0.25, 0.3) is 0 Å². The van der Waals surface area contributed by atoms with Gasteiger partial charge >= 0.3 is 0 Å². The largest absolute Gasteiger partial charge is 0.341 e. The first-order chi connectivity index (χ1) is 9.60. The molecule has 0 radical (unpaired) electrons. The minimum absolute atomic E-state index is 0.201.